The predicted molar refractivity (Wildman–Crippen MR) is 66.5 cm³/mol. The van der Waals surface area contributed by atoms with E-state index in [9.17, 15) is 4.79 Å². The maximum Gasteiger partial charge on any atom is 0.265 e. The zero-order valence-corrected chi connectivity index (χ0v) is 9.38. The fourth-order valence-electron chi connectivity index (χ4n) is 2.11. The van der Waals surface area contributed by atoms with Gasteiger partial charge < -0.3 is 15.0 Å². The van der Waals surface area contributed by atoms with Crippen LogP contribution in [0, 0.1) is 0 Å². The zero-order chi connectivity index (χ0) is 11.1. The molecule has 4 nitrogen and oxygen atoms in total. The van der Waals surface area contributed by atoms with Crippen LogP contribution >= 0.6 is 11.9 Å². The Bertz CT molecular complexity index is 576. The first-order valence-corrected chi connectivity index (χ1v) is 6.06. The summed E-state index contributed by atoms with van der Waals surface area (Å²) < 4.78 is 5.29. The van der Waals surface area contributed by atoms with Crippen molar-refractivity contribution in [3.05, 3.63) is 30.0 Å². The van der Waals surface area contributed by atoms with E-state index in [4.69, 9.17) is 5.73 Å². The number of anilines is 1. The Kier molecular flexibility index (Phi) is 2.07. The van der Waals surface area contributed by atoms with Gasteiger partial charge in [-0.3, -0.25) is 4.79 Å². The average molecular weight is 233 g/mol. The van der Waals surface area contributed by atoms with Crippen LogP contribution in [0.25, 0.3) is 10.9 Å². The summed E-state index contributed by atoms with van der Waals surface area (Å²) in [4.78, 5) is 11.4. The second kappa shape index (κ2) is 3.45. The van der Waals surface area contributed by atoms with Crippen LogP contribution < -0.4 is 10.5 Å². The minimum atomic E-state index is -0.367. The van der Waals surface area contributed by atoms with Gasteiger partial charge in [0.05, 0.1) is 11.2 Å². The highest BCUT2D eigenvalue weighted by atomic mass is 32.2. The highest BCUT2D eigenvalue weighted by Gasteiger charge is 2.17. The SMILES string of the molecule is NC(=O)c1cc2cccc3c2n1CCSN3. The Balaban J connectivity index is 2.39. The van der Waals surface area contributed by atoms with Gasteiger partial charge in [0.2, 0.25) is 0 Å². The van der Waals surface area contributed by atoms with Crippen molar-refractivity contribution in [1.29, 1.82) is 0 Å². The van der Waals surface area contributed by atoms with Crippen molar-refractivity contribution in [3.8, 4) is 0 Å². The molecule has 3 N–H and O–H groups in total. The lowest BCUT2D eigenvalue weighted by Gasteiger charge is -2.05. The summed E-state index contributed by atoms with van der Waals surface area (Å²) in [6.07, 6.45) is 0. The molecule has 3 rings (SSSR count). The fourth-order valence-corrected chi connectivity index (χ4v) is 2.81. The van der Waals surface area contributed by atoms with Crippen LogP contribution in [0.1, 0.15) is 10.5 Å². The maximum atomic E-state index is 11.4. The zero-order valence-electron chi connectivity index (χ0n) is 8.56. The molecule has 5 heteroatoms. The van der Waals surface area contributed by atoms with Gasteiger partial charge in [-0.15, -0.1) is 0 Å². The predicted octanol–water partition coefficient (Wildman–Crippen LogP) is 1.81. The molecular formula is C11H11N3OS. The number of benzene rings is 1. The van der Waals surface area contributed by atoms with Gasteiger partial charge in [0.25, 0.3) is 5.91 Å². The molecule has 0 radical (unpaired) electrons. The van der Waals surface area contributed by atoms with Gasteiger partial charge in [-0.05, 0) is 12.1 Å². The van der Waals surface area contributed by atoms with Crippen LogP contribution in [0.15, 0.2) is 24.3 Å². The standard InChI is InChI=1S/C11H11N3OS/c12-11(15)9-6-7-2-1-3-8-10(7)14(9)4-5-16-13-8/h1-3,6,13H,4-5H2,(H2,12,15). The van der Waals surface area contributed by atoms with Crippen molar-refractivity contribution in [2.75, 3.05) is 10.5 Å². The lowest BCUT2D eigenvalue weighted by Crippen LogP contribution is -2.17. The maximum absolute atomic E-state index is 11.4. The molecule has 1 aromatic carbocycles. The van der Waals surface area contributed by atoms with Crippen LogP contribution in [-0.4, -0.2) is 16.2 Å². The Morgan fingerprint density at radius 1 is 1.50 bits per heavy atom. The topological polar surface area (TPSA) is 60.1 Å². The molecule has 1 aliphatic heterocycles. The van der Waals surface area contributed by atoms with Crippen molar-refractivity contribution in [2.45, 2.75) is 6.54 Å². The summed E-state index contributed by atoms with van der Waals surface area (Å²) in [6.45, 7) is 0.802. The minimum absolute atomic E-state index is 0.367. The Hall–Kier alpha value is -1.62. The number of aryl methyl sites for hydroxylation is 1. The molecule has 0 saturated carbocycles. The molecule has 0 atom stereocenters. The summed E-state index contributed by atoms with van der Waals surface area (Å²) in [7, 11) is 0. The largest absolute Gasteiger partial charge is 0.364 e. The number of aromatic nitrogens is 1. The van der Waals surface area contributed by atoms with E-state index in [1.807, 2.05) is 28.8 Å². The monoisotopic (exact) mass is 233 g/mol. The number of nitrogens with two attached hydrogens (primary N) is 1. The Labute approximate surface area is 96.9 Å². The van der Waals surface area contributed by atoms with Crippen molar-refractivity contribution in [2.24, 2.45) is 5.73 Å². The molecule has 2 aromatic rings. The van der Waals surface area contributed by atoms with E-state index < -0.39 is 0 Å². The van der Waals surface area contributed by atoms with Crippen LogP contribution in [0.5, 0.6) is 0 Å². The van der Waals surface area contributed by atoms with E-state index in [-0.39, 0.29) is 5.91 Å². The number of nitrogens with zero attached hydrogens (tertiary/aromatic N) is 1. The van der Waals surface area contributed by atoms with E-state index in [0.717, 1.165) is 28.9 Å². The number of primary amides is 1. The van der Waals surface area contributed by atoms with E-state index in [1.54, 1.807) is 11.9 Å². The second-order valence-electron chi connectivity index (χ2n) is 3.74. The van der Waals surface area contributed by atoms with Gasteiger partial charge in [0.1, 0.15) is 5.69 Å². The van der Waals surface area contributed by atoms with Gasteiger partial charge >= 0.3 is 0 Å². The number of amides is 1. The van der Waals surface area contributed by atoms with E-state index >= 15 is 0 Å². The van der Waals surface area contributed by atoms with Crippen LogP contribution in [-0.2, 0) is 6.54 Å². The molecule has 0 unspecified atom stereocenters. The summed E-state index contributed by atoms with van der Waals surface area (Å²) in [5.74, 6) is 0.549. The fraction of sp³-hybridized carbons (Fsp3) is 0.182. The normalized spacial score (nSPS) is 14.5. The molecule has 1 amide bonds. The van der Waals surface area contributed by atoms with Crippen LogP contribution in [0.4, 0.5) is 5.69 Å². The smallest absolute Gasteiger partial charge is 0.265 e. The van der Waals surface area contributed by atoms with Crippen molar-refractivity contribution in [1.82, 2.24) is 4.57 Å². The molecule has 0 aliphatic carbocycles. The minimum Gasteiger partial charge on any atom is -0.364 e. The lowest BCUT2D eigenvalue weighted by molar-refractivity contribution is 0.0992. The molecular weight excluding hydrogens is 222 g/mol. The lowest BCUT2D eigenvalue weighted by atomic mass is 10.2. The molecule has 16 heavy (non-hydrogen) atoms. The van der Waals surface area contributed by atoms with Gasteiger partial charge in [-0.2, -0.15) is 0 Å². The van der Waals surface area contributed by atoms with Gasteiger partial charge in [-0.25, -0.2) is 0 Å². The molecule has 1 aromatic heterocycles. The summed E-state index contributed by atoms with van der Waals surface area (Å²) in [5.41, 5.74) is 8.10. The number of nitrogens with one attached hydrogen (secondary N) is 1. The van der Waals surface area contributed by atoms with Gasteiger partial charge in [-0.1, -0.05) is 24.1 Å². The molecule has 0 saturated heterocycles. The quantitative estimate of drug-likeness (QED) is 0.738. The highest BCUT2D eigenvalue weighted by molar-refractivity contribution is 8.00. The number of para-hydroxylation sites is 1. The Morgan fingerprint density at radius 3 is 3.19 bits per heavy atom. The molecule has 1 aliphatic rings. The average Bonchev–Trinajstić information content (AvgIpc) is 2.50. The summed E-state index contributed by atoms with van der Waals surface area (Å²) in [6, 6.07) is 7.85. The second-order valence-corrected chi connectivity index (χ2v) is 4.64. The molecule has 82 valence electrons. The van der Waals surface area contributed by atoms with E-state index in [2.05, 4.69) is 4.72 Å². The van der Waals surface area contributed by atoms with Gasteiger partial charge in [0, 0.05) is 17.7 Å². The van der Waals surface area contributed by atoms with Crippen LogP contribution in [0.3, 0.4) is 0 Å². The number of carbonyl (C=O) groups is 1. The number of hydrogen-bond donors (Lipinski definition) is 2. The third kappa shape index (κ3) is 1.28. The number of hydrogen-bond acceptors (Lipinski definition) is 3. The first kappa shape index (κ1) is 9.59. The third-order valence-corrected chi connectivity index (χ3v) is 3.52. The van der Waals surface area contributed by atoms with Crippen molar-refractivity contribution < 1.29 is 4.79 Å². The van der Waals surface area contributed by atoms with E-state index in [1.165, 1.54) is 0 Å². The molecule has 0 bridgehead atoms. The summed E-state index contributed by atoms with van der Waals surface area (Å²) >= 11 is 1.65. The third-order valence-electron chi connectivity index (χ3n) is 2.77. The Morgan fingerprint density at radius 2 is 2.38 bits per heavy atom. The highest BCUT2D eigenvalue weighted by Crippen LogP contribution is 2.31. The number of rotatable bonds is 1. The van der Waals surface area contributed by atoms with Crippen LogP contribution in [0.2, 0.25) is 0 Å². The van der Waals surface area contributed by atoms with Crippen molar-refractivity contribution >= 4 is 34.4 Å². The summed E-state index contributed by atoms with van der Waals surface area (Å²) in [5, 5.41) is 1.06. The molecule has 0 spiro atoms. The van der Waals surface area contributed by atoms with E-state index in [0.29, 0.717) is 5.69 Å². The van der Waals surface area contributed by atoms with Crippen molar-refractivity contribution in [3.63, 3.8) is 0 Å². The molecule has 2 heterocycles. The molecule has 0 fully saturated rings. The van der Waals surface area contributed by atoms with Gasteiger partial charge in [0.15, 0.2) is 0 Å². The first-order valence-electron chi connectivity index (χ1n) is 5.07. The number of carbonyl (C=O) groups excluding carboxylic acids is 1. The first-order chi connectivity index (χ1) is 7.77.